The zero-order valence-corrected chi connectivity index (χ0v) is 23.1. The first-order chi connectivity index (χ1) is 10.4. The molecule has 0 bridgehead atoms. The van der Waals surface area contributed by atoms with E-state index in [4.69, 9.17) is 16.1 Å². The minimum atomic E-state index is -4.69. The first-order valence-electron chi connectivity index (χ1n) is 6.42. The smallest absolute Gasteiger partial charge is 0.303 e. The van der Waals surface area contributed by atoms with Crippen molar-refractivity contribution in [3.63, 3.8) is 0 Å². The third-order valence-electron chi connectivity index (χ3n) is 2.95. The van der Waals surface area contributed by atoms with Crippen LogP contribution in [0, 0.1) is 0 Å². The van der Waals surface area contributed by atoms with E-state index in [1.165, 1.54) is 0 Å². The maximum absolute atomic E-state index is 11.6. The minimum absolute atomic E-state index is 0.0179. The molecule has 0 fully saturated rings. The summed E-state index contributed by atoms with van der Waals surface area (Å²) in [6.45, 7) is 0. The molecule has 2 unspecified atom stereocenters. The molecule has 0 spiro atoms. The predicted molar refractivity (Wildman–Crippen MR) is 119 cm³/mol. The van der Waals surface area contributed by atoms with Gasteiger partial charge in [0, 0.05) is 31.0 Å². The molecule has 140 valence electrons. The van der Waals surface area contributed by atoms with Gasteiger partial charge >= 0.3 is 7.82 Å². The van der Waals surface area contributed by atoms with E-state index in [1.807, 2.05) is 0 Å². The van der Waals surface area contributed by atoms with Gasteiger partial charge in [-0.05, 0) is 19.3 Å². The Labute approximate surface area is 192 Å². The second-order valence-electron chi connectivity index (χ2n) is 5.27. The molecule has 0 aliphatic rings. The van der Waals surface area contributed by atoms with Gasteiger partial charge in [-0.2, -0.15) is 0 Å². The number of halogens is 7. The summed E-state index contributed by atoms with van der Waals surface area (Å²) in [7, 11) is -4.69. The lowest BCUT2D eigenvalue weighted by Crippen LogP contribution is -2.45. The molecule has 12 heteroatoms. The number of rotatable bonds is 12. The first kappa shape index (κ1) is 26.3. The van der Waals surface area contributed by atoms with E-state index >= 15 is 0 Å². The van der Waals surface area contributed by atoms with Gasteiger partial charge in [-0.25, -0.2) is 4.57 Å². The van der Waals surface area contributed by atoms with Crippen molar-refractivity contribution in [2.45, 2.75) is 39.4 Å². The van der Waals surface area contributed by atoms with Gasteiger partial charge in [0.1, 0.15) is 0 Å². The molecule has 0 amide bonds. The van der Waals surface area contributed by atoms with Crippen LogP contribution in [0.15, 0.2) is 0 Å². The second kappa shape index (κ2) is 12.0. The monoisotopic (exact) mass is 754 g/mol. The molecule has 0 aliphatic carbocycles. The van der Waals surface area contributed by atoms with E-state index in [1.54, 1.807) is 0 Å². The van der Waals surface area contributed by atoms with Crippen LogP contribution in [-0.2, 0) is 9.09 Å². The Morgan fingerprint density at radius 3 is 1.65 bits per heavy atom. The summed E-state index contributed by atoms with van der Waals surface area (Å²) >= 11 is 27.1. The van der Waals surface area contributed by atoms with Crippen molar-refractivity contribution in [1.29, 1.82) is 0 Å². The summed E-state index contributed by atoms with van der Waals surface area (Å²) in [5, 5.41) is 2.17. The van der Waals surface area contributed by atoms with Crippen LogP contribution in [0.3, 0.4) is 0 Å². The summed E-state index contributed by atoms with van der Waals surface area (Å²) in [4.78, 5) is 18.1. The predicted octanol–water partition coefficient (Wildman–Crippen LogP) is 6.09. The van der Waals surface area contributed by atoms with Gasteiger partial charge in [0.2, 0.25) is 0 Å². The molecule has 0 saturated carbocycles. The maximum atomic E-state index is 11.6. The average Bonchev–Trinajstić information content (AvgIpc) is 2.44. The van der Waals surface area contributed by atoms with Crippen LogP contribution in [0.5, 0.6) is 0 Å². The molecule has 0 saturated heterocycles. The van der Waals surface area contributed by atoms with E-state index in [9.17, 15) is 14.4 Å². The van der Waals surface area contributed by atoms with Crippen LogP contribution in [0.1, 0.15) is 19.3 Å². The molecular weight excluding hydrogens is 742 g/mol. The molecule has 0 aromatic rings. The molecular formula is C11H18Br6ClO4P. The highest BCUT2D eigenvalue weighted by molar-refractivity contribution is 9.12. The molecule has 4 nitrogen and oxygen atoms in total. The standard InChI is InChI=1S/C11H18Br6ClO4P/c12-3-8(16)1-11(2-9(17)4-13,22-23(19,20)21)5-10(18,6-14)7-15/h8-9H,1-7H2,(H2,19,20,21). The van der Waals surface area contributed by atoms with Gasteiger partial charge in [-0.15, -0.1) is 11.6 Å². The lowest BCUT2D eigenvalue weighted by molar-refractivity contribution is 0.00843. The van der Waals surface area contributed by atoms with Crippen LogP contribution in [0.4, 0.5) is 0 Å². The Kier molecular flexibility index (Phi) is 13.7. The van der Waals surface area contributed by atoms with E-state index < -0.39 is 18.3 Å². The van der Waals surface area contributed by atoms with E-state index in [-0.39, 0.29) is 16.1 Å². The molecule has 2 N–H and O–H groups in total. The number of hydrogen-bond acceptors (Lipinski definition) is 2. The summed E-state index contributed by atoms with van der Waals surface area (Å²) in [5.41, 5.74) is -1.09. The maximum Gasteiger partial charge on any atom is 0.470 e. The van der Waals surface area contributed by atoms with Crippen molar-refractivity contribution in [2.75, 3.05) is 21.3 Å². The molecule has 0 rings (SSSR count). The molecule has 0 heterocycles. The summed E-state index contributed by atoms with van der Waals surface area (Å²) < 4.78 is 16.9. The molecule has 0 aromatic carbocycles. The normalized spacial score (nSPS) is 18.5. The number of hydrogen-bond donors (Lipinski definition) is 2. The van der Waals surface area contributed by atoms with Crippen LogP contribution in [-0.4, -0.2) is 51.2 Å². The average molecular weight is 760 g/mol. The van der Waals surface area contributed by atoms with Gasteiger partial charge in [-0.1, -0.05) is 95.6 Å². The Bertz CT molecular complexity index is 383. The van der Waals surface area contributed by atoms with Crippen LogP contribution < -0.4 is 0 Å². The Morgan fingerprint density at radius 1 is 1.00 bits per heavy atom. The van der Waals surface area contributed by atoms with Crippen LogP contribution >= 0.6 is 115 Å². The fourth-order valence-corrected chi connectivity index (χ4v) is 6.14. The van der Waals surface area contributed by atoms with Crippen molar-refractivity contribution < 1.29 is 18.9 Å². The summed E-state index contributed by atoms with van der Waals surface area (Å²) in [6.07, 6.45) is 1.06. The van der Waals surface area contributed by atoms with Crippen molar-refractivity contribution >= 4 is 115 Å². The van der Waals surface area contributed by atoms with E-state index in [0.29, 0.717) is 34.2 Å². The Morgan fingerprint density at radius 2 is 1.39 bits per heavy atom. The second-order valence-corrected chi connectivity index (χ2v) is 12.2. The quantitative estimate of drug-likeness (QED) is 0.187. The van der Waals surface area contributed by atoms with Crippen molar-refractivity contribution in [1.82, 2.24) is 0 Å². The number of phosphoric ester groups is 1. The highest BCUT2D eigenvalue weighted by Crippen LogP contribution is 2.50. The third kappa shape index (κ3) is 11.0. The molecule has 0 aliphatic heterocycles. The Hall–Kier alpha value is 3.28. The topological polar surface area (TPSA) is 66.8 Å². The number of alkyl halides is 7. The highest BCUT2D eigenvalue weighted by Gasteiger charge is 2.46. The van der Waals surface area contributed by atoms with Crippen LogP contribution in [0.25, 0.3) is 0 Å². The summed E-state index contributed by atoms with van der Waals surface area (Å²) in [5.74, 6) is 0. The lowest BCUT2D eigenvalue weighted by atomic mass is 9.84. The molecule has 0 aromatic heterocycles. The Balaban J connectivity index is 5.74. The molecule has 2 atom stereocenters. The largest absolute Gasteiger partial charge is 0.470 e. The van der Waals surface area contributed by atoms with Crippen molar-refractivity contribution in [2.24, 2.45) is 0 Å². The highest BCUT2D eigenvalue weighted by atomic mass is 79.9. The lowest BCUT2D eigenvalue weighted by Gasteiger charge is -2.41. The minimum Gasteiger partial charge on any atom is -0.303 e. The zero-order valence-electron chi connectivity index (χ0n) is 11.9. The van der Waals surface area contributed by atoms with Gasteiger partial charge in [-0.3, -0.25) is 4.52 Å². The van der Waals surface area contributed by atoms with Gasteiger partial charge in [0.15, 0.2) is 0 Å². The van der Waals surface area contributed by atoms with Gasteiger partial charge in [0.05, 0.1) is 10.5 Å². The van der Waals surface area contributed by atoms with Crippen molar-refractivity contribution in [3.05, 3.63) is 0 Å². The van der Waals surface area contributed by atoms with E-state index in [2.05, 4.69) is 95.6 Å². The fourth-order valence-electron chi connectivity index (χ4n) is 2.21. The first-order valence-corrected chi connectivity index (χ1v) is 14.6. The zero-order chi connectivity index (χ0) is 18.3. The third-order valence-corrected chi connectivity index (χ3v) is 11.4. The fraction of sp³-hybridized carbons (Fsp3) is 1.00. The van der Waals surface area contributed by atoms with Gasteiger partial charge in [0.25, 0.3) is 0 Å². The number of phosphoric acid groups is 1. The van der Waals surface area contributed by atoms with Gasteiger partial charge < -0.3 is 9.79 Å². The molecule has 23 heavy (non-hydrogen) atoms. The van der Waals surface area contributed by atoms with Crippen molar-refractivity contribution in [3.8, 4) is 0 Å². The van der Waals surface area contributed by atoms with Crippen LogP contribution in [0.2, 0.25) is 0 Å². The SMILES string of the molecule is O=P(O)(O)OC(CC(Br)CBr)(CC(Br)CBr)CC(Cl)(CBr)CBr. The molecule has 0 radical (unpaired) electrons. The van der Waals surface area contributed by atoms with E-state index in [0.717, 1.165) is 0 Å². The summed E-state index contributed by atoms with van der Waals surface area (Å²) in [6, 6.07) is 0.